The molecule has 0 aromatic heterocycles. The molecular weight excluding hydrogens is 350 g/mol. The molecule has 1 atom stereocenters. The van der Waals surface area contributed by atoms with Crippen LogP contribution in [0.3, 0.4) is 0 Å². The van der Waals surface area contributed by atoms with E-state index in [0.717, 1.165) is 12.1 Å². The van der Waals surface area contributed by atoms with Gasteiger partial charge >= 0.3 is 6.18 Å². The lowest BCUT2D eigenvalue weighted by Crippen LogP contribution is -2.27. The summed E-state index contributed by atoms with van der Waals surface area (Å²) in [4.78, 5) is 12.2. The van der Waals surface area contributed by atoms with Crippen LogP contribution in [0.15, 0.2) is 42.5 Å². The highest BCUT2D eigenvalue weighted by molar-refractivity contribution is 6.35. The number of amides is 1. The topological polar surface area (TPSA) is 29.1 Å². The third kappa shape index (κ3) is 4.39. The second kappa shape index (κ2) is 6.81. The van der Waals surface area contributed by atoms with E-state index >= 15 is 0 Å². The molecule has 1 N–H and O–H groups in total. The Balaban J connectivity index is 2.20. The summed E-state index contributed by atoms with van der Waals surface area (Å²) >= 11 is 11.8. The van der Waals surface area contributed by atoms with Crippen molar-refractivity contribution in [3.63, 3.8) is 0 Å². The van der Waals surface area contributed by atoms with E-state index in [9.17, 15) is 18.0 Å². The molecule has 0 aliphatic rings. The number of hydrogen-bond donors (Lipinski definition) is 1. The number of halogens is 5. The van der Waals surface area contributed by atoms with Crippen molar-refractivity contribution in [3.05, 3.63) is 69.2 Å². The minimum atomic E-state index is -4.43. The first-order valence-corrected chi connectivity index (χ1v) is 7.37. The van der Waals surface area contributed by atoms with Gasteiger partial charge in [0.15, 0.2) is 0 Å². The lowest BCUT2D eigenvalue weighted by molar-refractivity contribution is -0.137. The number of rotatable bonds is 3. The summed E-state index contributed by atoms with van der Waals surface area (Å²) < 4.78 is 38.2. The van der Waals surface area contributed by atoms with Gasteiger partial charge in [-0.3, -0.25) is 4.79 Å². The van der Waals surface area contributed by atoms with Crippen LogP contribution in [0.1, 0.15) is 34.5 Å². The maximum atomic E-state index is 12.7. The first kappa shape index (κ1) is 17.6. The number of alkyl halides is 3. The highest BCUT2D eigenvalue weighted by Crippen LogP contribution is 2.31. The van der Waals surface area contributed by atoms with Crippen LogP contribution in [-0.4, -0.2) is 5.91 Å². The van der Waals surface area contributed by atoms with Crippen molar-refractivity contribution in [1.29, 1.82) is 0 Å². The molecule has 0 radical (unpaired) electrons. The molecule has 0 aliphatic heterocycles. The predicted molar refractivity (Wildman–Crippen MR) is 83.8 cm³/mol. The van der Waals surface area contributed by atoms with Crippen molar-refractivity contribution in [2.45, 2.75) is 19.1 Å². The largest absolute Gasteiger partial charge is 0.416 e. The maximum Gasteiger partial charge on any atom is 0.416 e. The Morgan fingerprint density at radius 2 is 1.83 bits per heavy atom. The minimum Gasteiger partial charge on any atom is -0.345 e. The Kier molecular flexibility index (Phi) is 5.22. The van der Waals surface area contributed by atoms with Crippen molar-refractivity contribution in [3.8, 4) is 0 Å². The lowest BCUT2D eigenvalue weighted by atomic mass is 10.0. The van der Waals surface area contributed by atoms with Crippen molar-refractivity contribution in [2.75, 3.05) is 0 Å². The number of nitrogens with one attached hydrogen (secondary N) is 1. The second-order valence-corrected chi connectivity index (χ2v) is 5.79. The van der Waals surface area contributed by atoms with E-state index in [1.807, 2.05) is 0 Å². The van der Waals surface area contributed by atoms with Crippen LogP contribution in [0, 0.1) is 0 Å². The van der Waals surface area contributed by atoms with Gasteiger partial charge in [-0.2, -0.15) is 13.2 Å². The molecule has 0 bridgehead atoms. The van der Waals surface area contributed by atoms with Gasteiger partial charge in [0.25, 0.3) is 5.91 Å². The molecule has 2 rings (SSSR count). The van der Waals surface area contributed by atoms with Crippen LogP contribution in [0.5, 0.6) is 0 Å². The Morgan fingerprint density at radius 3 is 2.48 bits per heavy atom. The molecular formula is C16H12Cl2F3NO. The summed E-state index contributed by atoms with van der Waals surface area (Å²) in [7, 11) is 0. The third-order valence-electron chi connectivity index (χ3n) is 3.23. The maximum absolute atomic E-state index is 12.7. The highest BCUT2D eigenvalue weighted by atomic mass is 35.5. The van der Waals surface area contributed by atoms with Crippen LogP contribution >= 0.6 is 23.2 Å². The van der Waals surface area contributed by atoms with Gasteiger partial charge in [0, 0.05) is 5.02 Å². The molecule has 0 fully saturated rings. The van der Waals surface area contributed by atoms with E-state index in [1.165, 1.54) is 30.3 Å². The van der Waals surface area contributed by atoms with Gasteiger partial charge in [0.05, 0.1) is 22.2 Å². The predicted octanol–water partition coefficient (Wildman–Crippen LogP) is 5.50. The summed E-state index contributed by atoms with van der Waals surface area (Å²) in [5.74, 6) is -0.512. The van der Waals surface area contributed by atoms with Gasteiger partial charge in [0.2, 0.25) is 0 Å². The molecule has 2 nitrogen and oxygen atoms in total. The Morgan fingerprint density at radius 1 is 1.13 bits per heavy atom. The van der Waals surface area contributed by atoms with E-state index < -0.39 is 23.7 Å². The van der Waals surface area contributed by atoms with E-state index in [0.29, 0.717) is 10.6 Å². The fourth-order valence-electron chi connectivity index (χ4n) is 2.01. The summed E-state index contributed by atoms with van der Waals surface area (Å²) in [6.45, 7) is 1.59. The smallest absolute Gasteiger partial charge is 0.345 e. The average molecular weight is 362 g/mol. The minimum absolute atomic E-state index is 0.165. The monoisotopic (exact) mass is 361 g/mol. The normalized spacial score (nSPS) is 12.8. The van der Waals surface area contributed by atoms with Gasteiger partial charge in [-0.1, -0.05) is 35.3 Å². The van der Waals surface area contributed by atoms with Crippen molar-refractivity contribution in [1.82, 2.24) is 5.32 Å². The summed E-state index contributed by atoms with van der Waals surface area (Å²) in [6, 6.07) is 8.59. The fourth-order valence-corrected chi connectivity index (χ4v) is 2.39. The van der Waals surface area contributed by atoms with Crippen LogP contribution in [-0.2, 0) is 6.18 Å². The van der Waals surface area contributed by atoms with Gasteiger partial charge in [0.1, 0.15) is 0 Å². The number of carbonyl (C=O) groups excluding carboxylic acids is 1. The van der Waals surface area contributed by atoms with Crippen LogP contribution in [0.2, 0.25) is 10.0 Å². The lowest BCUT2D eigenvalue weighted by Gasteiger charge is -2.17. The first-order chi connectivity index (χ1) is 10.7. The van der Waals surface area contributed by atoms with E-state index in [4.69, 9.17) is 23.2 Å². The molecule has 23 heavy (non-hydrogen) atoms. The number of hydrogen-bond acceptors (Lipinski definition) is 1. The average Bonchev–Trinajstić information content (AvgIpc) is 2.48. The molecule has 1 unspecified atom stereocenters. The Hall–Kier alpha value is -1.72. The molecule has 122 valence electrons. The molecule has 0 heterocycles. The van der Waals surface area contributed by atoms with E-state index in [-0.39, 0.29) is 10.6 Å². The molecule has 1 amide bonds. The van der Waals surface area contributed by atoms with Crippen LogP contribution in [0.4, 0.5) is 13.2 Å². The second-order valence-electron chi connectivity index (χ2n) is 4.94. The van der Waals surface area contributed by atoms with Crippen molar-refractivity contribution >= 4 is 29.1 Å². The van der Waals surface area contributed by atoms with Gasteiger partial charge < -0.3 is 5.32 Å². The van der Waals surface area contributed by atoms with Crippen LogP contribution in [0.25, 0.3) is 0 Å². The van der Waals surface area contributed by atoms with Crippen LogP contribution < -0.4 is 5.32 Å². The molecule has 2 aromatic rings. The Bertz CT molecular complexity index is 732. The van der Waals surface area contributed by atoms with Gasteiger partial charge in [-0.15, -0.1) is 0 Å². The highest BCUT2D eigenvalue weighted by Gasteiger charge is 2.30. The fraction of sp³-hybridized carbons (Fsp3) is 0.188. The number of benzene rings is 2. The summed E-state index contributed by atoms with van der Waals surface area (Å²) in [5.41, 5.74) is -0.263. The zero-order valence-corrected chi connectivity index (χ0v) is 13.4. The SMILES string of the molecule is CC(NC(=O)c1cc(Cl)ccc1Cl)c1cccc(C(F)(F)F)c1. The number of carbonyl (C=O) groups is 1. The van der Waals surface area contributed by atoms with Gasteiger partial charge in [-0.25, -0.2) is 0 Å². The zero-order chi connectivity index (χ0) is 17.2. The molecule has 2 aromatic carbocycles. The zero-order valence-electron chi connectivity index (χ0n) is 11.9. The van der Waals surface area contributed by atoms with Crippen molar-refractivity contribution < 1.29 is 18.0 Å². The molecule has 0 saturated carbocycles. The Labute approximate surface area is 141 Å². The van der Waals surface area contributed by atoms with E-state index in [1.54, 1.807) is 6.92 Å². The molecule has 0 spiro atoms. The molecule has 7 heteroatoms. The first-order valence-electron chi connectivity index (χ1n) is 6.61. The van der Waals surface area contributed by atoms with E-state index in [2.05, 4.69) is 5.32 Å². The quantitative estimate of drug-likeness (QED) is 0.767. The summed E-state index contributed by atoms with van der Waals surface area (Å²) in [6.07, 6.45) is -4.43. The van der Waals surface area contributed by atoms with Gasteiger partial charge in [-0.05, 0) is 42.8 Å². The molecule has 0 saturated heterocycles. The molecule has 0 aliphatic carbocycles. The van der Waals surface area contributed by atoms with Crippen molar-refractivity contribution in [2.24, 2.45) is 0 Å². The summed E-state index contributed by atoms with van der Waals surface area (Å²) in [5, 5.41) is 3.16. The third-order valence-corrected chi connectivity index (χ3v) is 3.80. The standard InChI is InChI=1S/C16H12Cl2F3NO/c1-9(10-3-2-4-11(7-10)16(19,20)21)22-15(23)13-8-12(17)5-6-14(13)18/h2-9H,1H3,(H,22,23).